The molecule has 3 heterocycles. The molecule has 0 radical (unpaired) electrons. The van der Waals surface area contributed by atoms with Crippen LogP contribution in [-0.2, 0) is 9.47 Å². The van der Waals surface area contributed by atoms with Crippen LogP contribution >= 0.6 is 0 Å². The van der Waals surface area contributed by atoms with Gasteiger partial charge in [-0.05, 0) is 13.5 Å². The second-order valence-electron chi connectivity index (χ2n) is 3.41. The van der Waals surface area contributed by atoms with Gasteiger partial charge >= 0.3 is 0 Å². The Hall–Kier alpha value is -0.200. The Morgan fingerprint density at radius 3 is 3.17 bits per heavy atom. The quantitative estimate of drug-likeness (QED) is 0.487. The number of rotatable bonds is 1. The average molecular weight is 171 g/mol. The van der Waals surface area contributed by atoms with E-state index in [1.54, 1.807) is 0 Å². The molecule has 5 nitrogen and oxygen atoms in total. The van der Waals surface area contributed by atoms with E-state index in [9.17, 15) is 0 Å². The van der Waals surface area contributed by atoms with Gasteiger partial charge in [-0.2, -0.15) is 0 Å². The molecule has 3 saturated heterocycles. The summed E-state index contributed by atoms with van der Waals surface area (Å²) in [6.07, 6.45) is 2.13. The Labute approximate surface area is 71.0 Å². The highest BCUT2D eigenvalue weighted by Gasteiger charge is 2.52. The molecule has 3 rings (SSSR count). The number of ether oxygens (including phenoxy) is 2. The molecule has 0 aromatic carbocycles. The van der Waals surface area contributed by atoms with E-state index < -0.39 is 0 Å². The Balaban J connectivity index is 1.68. The van der Waals surface area contributed by atoms with E-state index in [-0.39, 0.29) is 18.7 Å². The molecule has 0 spiro atoms. The number of hydrazine groups is 1. The van der Waals surface area contributed by atoms with E-state index in [4.69, 9.17) is 9.47 Å². The van der Waals surface area contributed by atoms with Crippen molar-refractivity contribution in [1.82, 2.24) is 15.8 Å². The molecule has 2 N–H and O–H groups in total. The second-order valence-corrected chi connectivity index (χ2v) is 3.41. The van der Waals surface area contributed by atoms with Crippen molar-refractivity contribution in [2.45, 2.75) is 31.2 Å². The lowest BCUT2D eigenvalue weighted by molar-refractivity contribution is 0.121. The smallest absolute Gasteiger partial charge is 0.165 e. The van der Waals surface area contributed by atoms with Crippen molar-refractivity contribution in [2.75, 3.05) is 13.6 Å². The normalized spacial score (nSPS) is 51.8. The number of hydrogen-bond donors (Lipinski definition) is 2. The highest BCUT2D eigenvalue weighted by atomic mass is 16.7. The molecular formula is C7H13N3O2. The lowest BCUT2D eigenvalue weighted by Gasteiger charge is -2.19. The Bertz CT molecular complexity index is 201. The van der Waals surface area contributed by atoms with Gasteiger partial charge in [0.15, 0.2) is 12.5 Å². The molecule has 3 fully saturated rings. The van der Waals surface area contributed by atoms with Gasteiger partial charge in [-0.3, -0.25) is 10.7 Å². The van der Waals surface area contributed by atoms with E-state index in [1.165, 1.54) is 0 Å². The van der Waals surface area contributed by atoms with Gasteiger partial charge in [0, 0.05) is 6.54 Å². The summed E-state index contributed by atoms with van der Waals surface area (Å²) in [5, 5.41) is 5.37. The minimum absolute atomic E-state index is 0.174. The van der Waals surface area contributed by atoms with Crippen molar-refractivity contribution in [3.8, 4) is 0 Å². The maximum Gasteiger partial charge on any atom is 0.165 e. The SMILES string of the molecule is CNN1CCC2OC2NC2OC21. The molecule has 0 aliphatic carbocycles. The van der Waals surface area contributed by atoms with Gasteiger partial charge in [0.2, 0.25) is 0 Å². The monoisotopic (exact) mass is 171 g/mol. The van der Waals surface area contributed by atoms with Gasteiger partial charge in [-0.25, -0.2) is 5.01 Å². The number of hydrogen-bond acceptors (Lipinski definition) is 5. The summed E-state index contributed by atoms with van der Waals surface area (Å²) >= 11 is 0. The summed E-state index contributed by atoms with van der Waals surface area (Å²) in [5.74, 6) is 0. The Morgan fingerprint density at radius 2 is 2.33 bits per heavy atom. The minimum Gasteiger partial charge on any atom is -0.353 e. The van der Waals surface area contributed by atoms with Crippen molar-refractivity contribution in [2.24, 2.45) is 0 Å². The first-order valence-corrected chi connectivity index (χ1v) is 4.39. The summed E-state index contributed by atoms with van der Waals surface area (Å²) < 4.78 is 10.8. The molecule has 3 aliphatic rings. The minimum atomic E-state index is 0.174. The highest BCUT2D eigenvalue weighted by molar-refractivity contribution is 4.93. The lowest BCUT2D eigenvalue weighted by Crippen LogP contribution is -2.43. The molecule has 0 aromatic rings. The zero-order valence-electron chi connectivity index (χ0n) is 6.99. The van der Waals surface area contributed by atoms with Crippen molar-refractivity contribution >= 4 is 0 Å². The zero-order chi connectivity index (χ0) is 8.13. The summed E-state index contributed by atoms with van der Waals surface area (Å²) in [6, 6.07) is 0. The molecule has 5 heteroatoms. The van der Waals surface area contributed by atoms with Crippen molar-refractivity contribution in [1.29, 1.82) is 0 Å². The van der Waals surface area contributed by atoms with Crippen LogP contribution in [0.3, 0.4) is 0 Å². The van der Waals surface area contributed by atoms with E-state index in [0.29, 0.717) is 6.10 Å². The summed E-state index contributed by atoms with van der Waals surface area (Å²) in [4.78, 5) is 0. The van der Waals surface area contributed by atoms with Gasteiger partial charge in [-0.15, -0.1) is 0 Å². The first kappa shape index (κ1) is 7.23. The molecule has 0 amide bonds. The third-order valence-corrected chi connectivity index (χ3v) is 2.63. The standard InChI is InChI=1S/C7H13N3O2/c1-8-10-3-2-4-5(11-4)9-6-7(10)12-6/h4-9H,2-3H2,1H3. The molecule has 3 aliphatic heterocycles. The summed E-state index contributed by atoms with van der Waals surface area (Å²) in [5.41, 5.74) is 3.11. The number of fused-ring (bicyclic) bond motifs is 2. The van der Waals surface area contributed by atoms with Gasteiger partial charge in [0.25, 0.3) is 0 Å². The van der Waals surface area contributed by atoms with E-state index >= 15 is 0 Å². The third-order valence-electron chi connectivity index (χ3n) is 2.63. The first-order chi connectivity index (χ1) is 5.88. The number of nitrogens with one attached hydrogen (secondary N) is 2. The second kappa shape index (κ2) is 2.40. The fourth-order valence-electron chi connectivity index (χ4n) is 1.77. The zero-order valence-corrected chi connectivity index (χ0v) is 6.99. The largest absolute Gasteiger partial charge is 0.353 e. The number of epoxide rings is 2. The highest BCUT2D eigenvalue weighted by Crippen LogP contribution is 2.32. The van der Waals surface area contributed by atoms with Crippen LogP contribution in [0.1, 0.15) is 6.42 Å². The van der Waals surface area contributed by atoms with Gasteiger partial charge < -0.3 is 9.47 Å². The number of nitrogens with zero attached hydrogens (tertiary/aromatic N) is 1. The Kier molecular flexibility index (Phi) is 1.44. The van der Waals surface area contributed by atoms with E-state index in [1.807, 2.05) is 7.05 Å². The fraction of sp³-hybridized carbons (Fsp3) is 1.00. The lowest BCUT2D eigenvalue weighted by atomic mass is 10.2. The van der Waals surface area contributed by atoms with Gasteiger partial charge in [-0.1, -0.05) is 0 Å². The van der Waals surface area contributed by atoms with E-state index in [2.05, 4.69) is 15.8 Å². The summed E-state index contributed by atoms with van der Waals surface area (Å²) in [7, 11) is 1.92. The summed E-state index contributed by atoms with van der Waals surface area (Å²) in [6.45, 7) is 1.00. The molecule has 0 saturated carbocycles. The molecule has 4 unspecified atom stereocenters. The molecule has 4 atom stereocenters. The van der Waals surface area contributed by atoms with Crippen LogP contribution in [0.2, 0.25) is 0 Å². The van der Waals surface area contributed by atoms with Crippen LogP contribution in [0.5, 0.6) is 0 Å². The van der Waals surface area contributed by atoms with Crippen LogP contribution in [0.15, 0.2) is 0 Å². The third kappa shape index (κ3) is 1.06. The molecular weight excluding hydrogens is 158 g/mol. The van der Waals surface area contributed by atoms with Crippen LogP contribution < -0.4 is 10.7 Å². The van der Waals surface area contributed by atoms with Crippen LogP contribution in [0.25, 0.3) is 0 Å². The first-order valence-electron chi connectivity index (χ1n) is 4.39. The van der Waals surface area contributed by atoms with Crippen molar-refractivity contribution in [3.63, 3.8) is 0 Å². The van der Waals surface area contributed by atoms with Crippen LogP contribution in [0, 0.1) is 0 Å². The maximum atomic E-state index is 5.41. The average Bonchev–Trinajstić information content (AvgIpc) is 2.93. The van der Waals surface area contributed by atoms with Gasteiger partial charge in [0.1, 0.15) is 12.3 Å². The van der Waals surface area contributed by atoms with Crippen molar-refractivity contribution < 1.29 is 9.47 Å². The van der Waals surface area contributed by atoms with Crippen LogP contribution in [-0.4, -0.2) is 43.4 Å². The maximum absolute atomic E-state index is 5.41. The Morgan fingerprint density at radius 1 is 1.42 bits per heavy atom. The molecule has 0 aromatic heterocycles. The van der Waals surface area contributed by atoms with Crippen molar-refractivity contribution in [3.05, 3.63) is 0 Å². The molecule has 0 bridgehead atoms. The fourth-order valence-corrected chi connectivity index (χ4v) is 1.77. The van der Waals surface area contributed by atoms with Crippen LogP contribution in [0.4, 0.5) is 0 Å². The molecule has 12 heavy (non-hydrogen) atoms. The van der Waals surface area contributed by atoms with Gasteiger partial charge in [0.05, 0.1) is 0 Å². The predicted molar refractivity (Wildman–Crippen MR) is 40.8 cm³/mol. The topological polar surface area (TPSA) is 52.4 Å². The predicted octanol–water partition coefficient (Wildman–Crippen LogP) is -1.18. The van der Waals surface area contributed by atoms with E-state index in [0.717, 1.165) is 13.0 Å². The molecule has 68 valence electrons.